The fourth-order valence-corrected chi connectivity index (χ4v) is 2.35. The molecular formula is C13H14BrFN2. The van der Waals surface area contributed by atoms with Crippen molar-refractivity contribution in [3.63, 3.8) is 0 Å². The molecule has 0 amide bonds. The van der Waals surface area contributed by atoms with E-state index in [-0.39, 0.29) is 5.82 Å². The monoisotopic (exact) mass is 296 g/mol. The second-order valence-electron chi connectivity index (χ2n) is 4.00. The van der Waals surface area contributed by atoms with Crippen LogP contribution in [0.2, 0.25) is 0 Å². The van der Waals surface area contributed by atoms with Crippen LogP contribution in [0.3, 0.4) is 0 Å². The lowest BCUT2D eigenvalue weighted by Crippen LogP contribution is -2.02. The minimum absolute atomic E-state index is 0.248. The number of pyridine rings is 1. The van der Waals surface area contributed by atoms with E-state index in [2.05, 4.69) is 33.2 Å². The molecule has 1 aromatic heterocycles. The predicted molar refractivity (Wildman–Crippen MR) is 72.9 cm³/mol. The number of fused-ring (bicyclic) bond motifs is 1. The summed E-state index contributed by atoms with van der Waals surface area (Å²) in [4.78, 5) is 4.31. The third-order valence-electron chi connectivity index (χ3n) is 2.66. The van der Waals surface area contributed by atoms with Crippen LogP contribution in [0.1, 0.15) is 18.9 Å². The van der Waals surface area contributed by atoms with Gasteiger partial charge in [-0.05, 0) is 47.0 Å². The molecule has 0 unspecified atom stereocenters. The molecule has 0 aliphatic rings. The van der Waals surface area contributed by atoms with Gasteiger partial charge in [-0.1, -0.05) is 6.92 Å². The highest BCUT2D eigenvalue weighted by Crippen LogP contribution is 2.33. The second kappa shape index (κ2) is 5.00. The van der Waals surface area contributed by atoms with Gasteiger partial charge in [0.2, 0.25) is 0 Å². The molecule has 2 rings (SSSR count). The zero-order valence-electron chi connectivity index (χ0n) is 9.85. The number of nitrogens with one attached hydrogen (secondary N) is 1. The van der Waals surface area contributed by atoms with Crippen molar-refractivity contribution in [3.8, 4) is 0 Å². The zero-order valence-corrected chi connectivity index (χ0v) is 11.4. The van der Waals surface area contributed by atoms with Gasteiger partial charge >= 0.3 is 0 Å². The Morgan fingerprint density at radius 1 is 1.47 bits per heavy atom. The molecule has 4 heteroatoms. The van der Waals surface area contributed by atoms with Crippen LogP contribution in [0.4, 0.5) is 10.1 Å². The van der Waals surface area contributed by atoms with Crippen molar-refractivity contribution in [2.45, 2.75) is 20.3 Å². The Morgan fingerprint density at radius 3 is 2.94 bits per heavy atom. The van der Waals surface area contributed by atoms with Gasteiger partial charge in [0.1, 0.15) is 5.82 Å². The molecule has 2 nitrogen and oxygen atoms in total. The first-order chi connectivity index (χ1) is 8.15. The Morgan fingerprint density at radius 2 is 2.24 bits per heavy atom. The van der Waals surface area contributed by atoms with Crippen LogP contribution in [0, 0.1) is 12.7 Å². The Labute approximate surface area is 108 Å². The highest BCUT2D eigenvalue weighted by Gasteiger charge is 2.12. The molecule has 0 aliphatic carbocycles. The van der Waals surface area contributed by atoms with Crippen molar-refractivity contribution >= 4 is 32.5 Å². The van der Waals surface area contributed by atoms with Crippen LogP contribution in [0.25, 0.3) is 10.9 Å². The molecule has 0 bridgehead atoms. The molecular weight excluding hydrogens is 283 g/mol. The summed E-state index contributed by atoms with van der Waals surface area (Å²) in [5, 5.41) is 4.11. The summed E-state index contributed by atoms with van der Waals surface area (Å²) in [5.41, 5.74) is 2.60. The van der Waals surface area contributed by atoms with Gasteiger partial charge in [-0.25, -0.2) is 4.39 Å². The Kier molecular flexibility index (Phi) is 3.62. The van der Waals surface area contributed by atoms with Gasteiger partial charge in [0.05, 0.1) is 9.99 Å². The fourth-order valence-electron chi connectivity index (χ4n) is 1.83. The molecule has 1 aromatic carbocycles. The van der Waals surface area contributed by atoms with E-state index in [9.17, 15) is 4.39 Å². The molecule has 2 aromatic rings. The molecule has 1 N–H and O–H groups in total. The van der Waals surface area contributed by atoms with Crippen LogP contribution < -0.4 is 5.32 Å². The summed E-state index contributed by atoms with van der Waals surface area (Å²) in [5.74, 6) is -0.248. The molecule has 0 fully saturated rings. The summed E-state index contributed by atoms with van der Waals surface area (Å²) in [6.45, 7) is 4.83. The number of hydrogen-bond acceptors (Lipinski definition) is 2. The molecule has 0 spiro atoms. The van der Waals surface area contributed by atoms with Gasteiger partial charge in [-0.15, -0.1) is 0 Å². The lowest BCUT2D eigenvalue weighted by atomic mass is 10.1. The first-order valence-electron chi connectivity index (χ1n) is 5.62. The number of anilines is 1. The van der Waals surface area contributed by atoms with Gasteiger partial charge < -0.3 is 5.32 Å². The van der Waals surface area contributed by atoms with E-state index in [1.807, 2.05) is 13.0 Å². The number of rotatable bonds is 3. The maximum absolute atomic E-state index is 13.7. The first-order valence-corrected chi connectivity index (χ1v) is 6.41. The number of nitrogens with zero attached hydrogens (tertiary/aromatic N) is 1. The Hall–Kier alpha value is -1.16. The SMILES string of the molecule is CCCNc1ccnc2c(C)cc(F)c(Br)c12. The largest absolute Gasteiger partial charge is 0.384 e. The summed E-state index contributed by atoms with van der Waals surface area (Å²) in [7, 11) is 0. The van der Waals surface area contributed by atoms with Crippen LogP contribution in [-0.4, -0.2) is 11.5 Å². The molecule has 0 aliphatic heterocycles. The van der Waals surface area contributed by atoms with E-state index in [1.54, 1.807) is 6.20 Å². The zero-order chi connectivity index (χ0) is 12.4. The topological polar surface area (TPSA) is 24.9 Å². The standard InChI is InChI=1S/C13H14BrFN2/c1-3-5-16-10-4-6-17-13-8(2)7-9(15)12(14)11(10)13/h4,6-7H,3,5H2,1-2H3,(H,16,17). The van der Waals surface area contributed by atoms with Crippen molar-refractivity contribution in [1.29, 1.82) is 0 Å². The van der Waals surface area contributed by atoms with E-state index in [1.165, 1.54) is 6.07 Å². The third-order valence-corrected chi connectivity index (χ3v) is 3.44. The predicted octanol–water partition coefficient (Wildman–Crippen LogP) is 4.27. The number of aryl methyl sites for hydroxylation is 1. The third kappa shape index (κ3) is 2.27. The molecule has 1 heterocycles. The summed E-state index contributed by atoms with van der Waals surface area (Å²) in [6, 6.07) is 3.38. The molecule has 17 heavy (non-hydrogen) atoms. The minimum Gasteiger partial charge on any atom is -0.384 e. The van der Waals surface area contributed by atoms with Crippen LogP contribution in [-0.2, 0) is 0 Å². The van der Waals surface area contributed by atoms with Gasteiger partial charge in [0.15, 0.2) is 0 Å². The highest BCUT2D eigenvalue weighted by atomic mass is 79.9. The van der Waals surface area contributed by atoms with Crippen molar-refractivity contribution in [2.75, 3.05) is 11.9 Å². The van der Waals surface area contributed by atoms with Crippen molar-refractivity contribution in [1.82, 2.24) is 4.98 Å². The van der Waals surface area contributed by atoms with E-state index >= 15 is 0 Å². The molecule has 0 saturated carbocycles. The van der Waals surface area contributed by atoms with Crippen molar-refractivity contribution < 1.29 is 4.39 Å². The second-order valence-corrected chi connectivity index (χ2v) is 4.79. The lowest BCUT2D eigenvalue weighted by molar-refractivity contribution is 0.622. The molecule has 0 saturated heterocycles. The van der Waals surface area contributed by atoms with Gasteiger partial charge in [0.25, 0.3) is 0 Å². The van der Waals surface area contributed by atoms with Crippen LogP contribution in [0.5, 0.6) is 0 Å². The summed E-state index contributed by atoms with van der Waals surface area (Å²) < 4.78 is 14.2. The Balaban J connectivity index is 2.69. The minimum atomic E-state index is -0.248. The number of benzene rings is 1. The number of aromatic nitrogens is 1. The van der Waals surface area contributed by atoms with Gasteiger partial charge in [-0.2, -0.15) is 0 Å². The first kappa shape index (κ1) is 12.3. The number of hydrogen-bond donors (Lipinski definition) is 1. The van der Waals surface area contributed by atoms with E-state index in [4.69, 9.17) is 0 Å². The fraction of sp³-hybridized carbons (Fsp3) is 0.308. The Bertz CT molecular complexity index is 555. The normalized spacial score (nSPS) is 10.8. The molecule has 0 radical (unpaired) electrons. The van der Waals surface area contributed by atoms with Crippen molar-refractivity contribution in [3.05, 3.63) is 34.2 Å². The van der Waals surface area contributed by atoms with E-state index in [0.717, 1.165) is 35.1 Å². The summed E-state index contributed by atoms with van der Waals surface area (Å²) in [6.07, 6.45) is 2.77. The van der Waals surface area contributed by atoms with E-state index < -0.39 is 0 Å². The molecule has 90 valence electrons. The van der Waals surface area contributed by atoms with E-state index in [0.29, 0.717) is 4.47 Å². The average Bonchev–Trinajstić information content (AvgIpc) is 2.33. The van der Waals surface area contributed by atoms with Gasteiger partial charge in [0, 0.05) is 23.8 Å². The highest BCUT2D eigenvalue weighted by molar-refractivity contribution is 9.10. The lowest BCUT2D eigenvalue weighted by Gasteiger charge is -2.11. The van der Waals surface area contributed by atoms with Crippen molar-refractivity contribution in [2.24, 2.45) is 0 Å². The maximum Gasteiger partial charge on any atom is 0.138 e. The number of halogens is 2. The maximum atomic E-state index is 13.7. The molecule has 0 atom stereocenters. The summed E-state index contributed by atoms with van der Waals surface area (Å²) >= 11 is 3.30. The smallest absolute Gasteiger partial charge is 0.138 e. The average molecular weight is 297 g/mol. The van der Waals surface area contributed by atoms with Crippen LogP contribution in [0.15, 0.2) is 22.8 Å². The van der Waals surface area contributed by atoms with Gasteiger partial charge in [-0.3, -0.25) is 4.98 Å². The van der Waals surface area contributed by atoms with Crippen LogP contribution >= 0.6 is 15.9 Å². The quantitative estimate of drug-likeness (QED) is 0.915.